The molecule has 0 saturated carbocycles. The number of para-hydroxylation sites is 1. The Labute approximate surface area is 121 Å². The molecule has 4 heteroatoms. The van der Waals surface area contributed by atoms with E-state index in [1.165, 1.54) is 5.56 Å². The van der Waals surface area contributed by atoms with E-state index in [1.807, 2.05) is 25.1 Å². The highest BCUT2D eigenvalue weighted by molar-refractivity contribution is 5.38. The first kappa shape index (κ1) is 15.3. The molecule has 0 amide bonds. The third-order valence-electron chi connectivity index (χ3n) is 3.41. The van der Waals surface area contributed by atoms with Gasteiger partial charge in [0.1, 0.15) is 18.5 Å². The minimum atomic E-state index is 0.0388. The predicted molar refractivity (Wildman–Crippen MR) is 79.2 cm³/mol. The first-order valence-electron chi connectivity index (χ1n) is 7.51. The molecule has 1 aliphatic heterocycles. The van der Waals surface area contributed by atoms with Crippen molar-refractivity contribution in [1.82, 2.24) is 5.32 Å². The van der Waals surface area contributed by atoms with Crippen LogP contribution < -0.4 is 10.1 Å². The summed E-state index contributed by atoms with van der Waals surface area (Å²) in [6, 6.07) is 8.38. The number of rotatable bonds is 8. The Bertz CT molecular complexity index is 397. The first-order chi connectivity index (χ1) is 9.86. The predicted octanol–water partition coefficient (Wildman–Crippen LogP) is 2.54. The van der Waals surface area contributed by atoms with Gasteiger partial charge in [-0.3, -0.25) is 0 Å². The second-order valence-electron chi connectivity index (χ2n) is 4.89. The zero-order valence-corrected chi connectivity index (χ0v) is 12.4. The van der Waals surface area contributed by atoms with Crippen LogP contribution in [-0.4, -0.2) is 39.1 Å². The lowest BCUT2D eigenvalue weighted by atomic mass is 9.98. The van der Waals surface area contributed by atoms with Crippen LogP contribution in [0.15, 0.2) is 24.3 Å². The summed E-state index contributed by atoms with van der Waals surface area (Å²) in [5, 5.41) is 3.57. The Balaban J connectivity index is 2.00. The Morgan fingerprint density at radius 3 is 2.90 bits per heavy atom. The molecule has 112 valence electrons. The summed E-state index contributed by atoms with van der Waals surface area (Å²) < 4.78 is 17.1. The van der Waals surface area contributed by atoms with Crippen LogP contribution in [-0.2, 0) is 9.47 Å². The fourth-order valence-electron chi connectivity index (χ4n) is 2.43. The molecule has 1 aromatic carbocycles. The highest BCUT2D eigenvalue weighted by Gasteiger charge is 2.30. The Hall–Kier alpha value is -1.10. The molecular weight excluding hydrogens is 254 g/mol. The monoisotopic (exact) mass is 279 g/mol. The molecule has 0 saturated heterocycles. The van der Waals surface area contributed by atoms with E-state index in [0.29, 0.717) is 19.8 Å². The van der Waals surface area contributed by atoms with Gasteiger partial charge in [0.15, 0.2) is 0 Å². The van der Waals surface area contributed by atoms with Crippen molar-refractivity contribution in [2.24, 2.45) is 0 Å². The zero-order valence-electron chi connectivity index (χ0n) is 12.4. The van der Waals surface area contributed by atoms with E-state index in [1.54, 1.807) is 0 Å². The third kappa shape index (κ3) is 3.95. The minimum absolute atomic E-state index is 0.0388. The van der Waals surface area contributed by atoms with Gasteiger partial charge in [-0.1, -0.05) is 25.1 Å². The maximum atomic E-state index is 5.94. The molecular formula is C16H25NO3. The van der Waals surface area contributed by atoms with Crippen molar-refractivity contribution in [1.29, 1.82) is 0 Å². The quantitative estimate of drug-likeness (QED) is 0.742. The number of nitrogens with one attached hydrogen (secondary N) is 1. The first-order valence-corrected chi connectivity index (χ1v) is 7.51. The largest absolute Gasteiger partial charge is 0.490 e. The summed E-state index contributed by atoms with van der Waals surface area (Å²) in [7, 11) is 0. The van der Waals surface area contributed by atoms with Crippen molar-refractivity contribution in [2.75, 3.05) is 33.0 Å². The highest BCUT2D eigenvalue weighted by Crippen LogP contribution is 2.33. The van der Waals surface area contributed by atoms with Gasteiger partial charge in [0.05, 0.1) is 19.3 Å². The molecule has 2 rings (SSSR count). The molecule has 1 N–H and O–H groups in total. The number of ether oxygens (including phenoxy) is 3. The van der Waals surface area contributed by atoms with Crippen LogP contribution in [0.25, 0.3) is 0 Å². The van der Waals surface area contributed by atoms with Crippen molar-refractivity contribution < 1.29 is 14.2 Å². The lowest BCUT2D eigenvalue weighted by Gasteiger charge is -2.34. The van der Waals surface area contributed by atoms with E-state index < -0.39 is 0 Å². The van der Waals surface area contributed by atoms with E-state index in [4.69, 9.17) is 14.2 Å². The second kappa shape index (κ2) is 8.25. The molecule has 4 nitrogen and oxygen atoms in total. The van der Waals surface area contributed by atoms with E-state index >= 15 is 0 Å². The van der Waals surface area contributed by atoms with E-state index in [0.717, 1.165) is 25.3 Å². The van der Waals surface area contributed by atoms with Gasteiger partial charge in [-0.05, 0) is 26.0 Å². The summed E-state index contributed by atoms with van der Waals surface area (Å²) in [5.41, 5.74) is 1.19. The Morgan fingerprint density at radius 2 is 2.10 bits per heavy atom. The van der Waals surface area contributed by atoms with Crippen LogP contribution in [0.4, 0.5) is 0 Å². The molecule has 0 radical (unpaired) electrons. The van der Waals surface area contributed by atoms with E-state index in [-0.39, 0.29) is 12.1 Å². The average Bonchev–Trinajstić information content (AvgIpc) is 2.50. The van der Waals surface area contributed by atoms with Crippen molar-refractivity contribution in [3.05, 3.63) is 29.8 Å². The molecule has 0 spiro atoms. The van der Waals surface area contributed by atoms with Crippen LogP contribution in [0.3, 0.4) is 0 Å². The maximum absolute atomic E-state index is 5.94. The third-order valence-corrected chi connectivity index (χ3v) is 3.41. The zero-order chi connectivity index (χ0) is 14.2. The molecule has 1 aromatic rings. The minimum Gasteiger partial charge on any atom is -0.490 e. The van der Waals surface area contributed by atoms with Gasteiger partial charge in [0.2, 0.25) is 0 Å². The summed E-state index contributed by atoms with van der Waals surface area (Å²) >= 11 is 0. The smallest absolute Gasteiger partial charge is 0.124 e. The fourth-order valence-corrected chi connectivity index (χ4v) is 2.43. The highest BCUT2D eigenvalue weighted by atomic mass is 16.6. The van der Waals surface area contributed by atoms with Gasteiger partial charge in [-0.25, -0.2) is 0 Å². The molecule has 1 aliphatic rings. The summed E-state index contributed by atoms with van der Waals surface area (Å²) in [4.78, 5) is 0. The van der Waals surface area contributed by atoms with E-state index in [2.05, 4.69) is 18.3 Å². The van der Waals surface area contributed by atoms with Gasteiger partial charge in [-0.2, -0.15) is 0 Å². The van der Waals surface area contributed by atoms with Crippen molar-refractivity contribution in [3.8, 4) is 5.75 Å². The maximum Gasteiger partial charge on any atom is 0.124 e. The molecule has 20 heavy (non-hydrogen) atoms. The molecule has 0 fully saturated rings. The fraction of sp³-hybridized carbons (Fsp3) is 0.625. The van der Waals surface area contributed by atoms with Crippen LogP contribution in [0.1, 0.15) is 31.9 Å². The van der Waals surface area contributed by atoms with Crippen LogP contribution in [0.2, 0.25) is 0 Å². The molecule has 0 bridgehead atoms. The molecule has 0 aromatic heterocycles. The Kier molecular flexibility index (Phi) is 6.30. The number of fused-ring (bicyclic) bond motifs is 1. The van der Waals surface area contributed by atoms with Crippen LogP contribution in [0, 0.1) is 0 Å². The molecule has 0 aliphatic carbocycles. The van der Waals surface area contributed by atoms with Crippen molar-refractivity contribution in [3.63, 3.8) is 0 Å². The van der Waals surface area contributed by atoms with Gasteiger partial charge < -0.3 is 19.5 Å². The topological polar surface area (TPSA) is 39.7 Å². The average molecular weight is 279 g/mol. The van der Waals surface area contributed by atoms with Gasteiger partial charge in [-0.15, -0.1) is 0 Å². The van der Waals surface area contributed by atoms with Crippen LogP contribution in [0.5, 0.6) is 5.75 Å². The normalized spacial score (nSPS) is 21.3. The van der Waals surface area contributed by atoms with Crippen molar-refractivity contribution >= 4 is 0 Å². The summed E-state index contributed by atoms with van der Waals surface area (Å²) in [6.07, 6.45) is 1.14. The van der Waals surface area contributed by atoms with E-state index in [9.17, 15) is 0 Å². The SMILES string of the molecule is CCCNC1c2ccccc2OCC1OCCOCC. The second-order valence-corrected chi connectivity index (χ2v) is 4.89. The van der Waals surface area contributed by atoms with Crippen LogP contribution >= 0.6 is 0 Å². The molecule has 2 unspecified atom stereocenters. The van der Waals surface area contributed by atoms with Gasteiger partial charge in [0, 0.05) is 12.2 Å². The standard InChI is InChI=1S/C16H25NO3/c1-3-9-17-16-13-7-5-6-8-14(13)20-12-15(16)19-11-10-18-4-2/h5-8,15-17H,3-4,9-12H2,1-2H3. The van der Waals surface area contributed by atoms with Gasteiger partial charge in [0.25, 0.3) is 0 Å². The van der Waals surface area contributed by atoms with Gasteiger partial charge >= 0.3 is 0 Å². The molecule has 2 atom stereocenters. The number of hydrogen-bond donors (Lipinski definition) is 1. The Morgan fingerprint density at radius 1 is 1.25 bits per heavy atom. The lowest BCUT2D eigenvalue weighted by Crippen LogP contribution is -2.41. The summed E-state index contributed by atoms with van der Waals surface area (Å²) in [5.74, 6) is 0.964. The summed E-state index contributed by atoms with van der Waals surface area (Å²) in [6.45, 7) is 7.69. The molecule has 1 heterocycles. The lowest BCUT2D eigenvalue weighted by molar-refractivity contribution is -0.0384. The number of benzene rings is 1. The van der Waals surface area contributed by atoms with Crippen molar-refractivity contribution in [2.45, 2.75) is 32.4 Å². The number of hydrogen-bond acceptors (Lipinski definition) is 4.